The molecular formula is C44H41N3. The third-order valence-corrected chi connectivity index (χ3v) is 10.4. The first-order valence-corrected chi connectivity index (χ1v) is 17.0. The Labute approximate surface area is 278 Å². The first-order valence-electron chi connectivity index (χ1n) is 17.0. The van der Waals surface area contributed by atoms with E-state index in [1.54, 1.807) is 0 Å². The van der Waals surface area contributed by atoms with Crippen molar-refractivity contribution in [3.63, 3.8) is 0 Å². The smallest absolute Gasteiger partial charge is 0.0600 e. The molecule has 0 spiro atoms. The average Bonchev–Trinajstić information content (AvgIpc) is 3.46. The Balaban J connectivity index is 1.14. The number of benzene rings is 3. The summed E-state index contributed by atoms with van der Waals surface area (Å²) in [5.41, 5.74) is 11.8. The second-order valence-corrected chi connectivity index (χ2v) is 13.4. The number of fused-ring (bicyclic) bond motifs is 3. The maximum absolute atomic E-state index is 4.54. The van der Waals surface area contributed by atoms with Gasteiger partial charge in [-0.25, -0.2) is 0 Å². The molecule has 0 aliphatic heterocycles. The van der Waals surface area contributed by atoms with E-state index >= 15 is 0 Å². The lowest BCUT2D eigenvalue weighted by molar-refractivity contribution is 0.531. The van der Waals surface area contributed by atoms with Crippen molar-refractivity contribution in [3.05, 3.63) is 174 Å². The zero-order valence-electron chi connectivity index (χ0n) is 27.4. The number of aromatic nitrogens is 2. The maximum atomic E-state index is 4.54. The van der Waals surface area contributed by atoms with Gasteiger partial charge in [0.25, 0.3) is 0 Å². The minimum absolute atomic E-state index is 0.192. The molecule has 0 saturated heterocycles. The average molecular weight is 612 g/mol. The summed E-state index contributed by atoms with van der Waals surface area (Å²) >= 11 is 0. The molecule has 0 radical (unpaired) electrons. The van der Waals surface area contributed by atoms with Gasteiger partial charge in [0.05, 0.1) is 23.4 Å². The Morgan fingerprint density at radius 3 is 2.28 bits per heavy atom. The molecule has 232 valence electrons. The topological polar surface area (TPSA) is 21.1 Å². The number of allylic oxidation sites excluding steroid dienone is 7. The Morgan fingerprint density at radius 1 is 0.766 bits per heavy atom. The molecule has 47 heavy (non-hydrogen) atoms. The molecule has 0 amide bonds. The van der Waals surface area contributed by atoms with Crippen LogP contribution >= 0.6 is 0 Å². The van der Waals surface area contributed by atoms with Crippen LogP contribution in [0.25, 0.3) is 28.2 Å². The number of rotatable bonds is 6. The highest BCUT2D eigenvalue weighted by Gasteiger charge is 2.35. The number of hydrogen-bond donors (Lipinski definition) is 0. The predicted octanol–water partition coefficient (Wildman–Crippen LogP) is 10.8. The number of hydrogen-bond acceptors (Lipinski definition) is 2. The SMILES string of the molecule is CC1CC(c2ccccc2)=CC=C1N(c1cccnc1)C1C=CC(C2C=Cc3c(n(-c4ccccc4)c4ccccc34)C2C)=CC1C. The van der Waals surface area contributed by atoms with E-state index in [0.29, 0.717) is 23.7 Å². The molecule has 2 heterocycles. The summed E-state index contributed by atoms with van der Waals surface area (Å²) in [6.45, 7) is 7.14. The Kier molecular flexibility index (Phi) is 7.61. The van der Waals surface area contributed by atoms with Crippen molar-refractivity contribution in [1.82, 2.24) is 9.55 Å². The zero-order chi connectivity index (χ0) is 31.9. The molecule has 0 bridgehead atoms. The maximum Gasteiger partial charge on any atom is 0.0600 e. The monoisotopic (exact) mass is 611 g/mol. The Bertz CT molecular complexity index is 2060. The number of pyridine rings is 1. The fraction of sp³-hybridized carbons (Fsp3) is 0.205. The van der Waals surface area contributed by atoms with Crippen LogP contribution in [0.15, 0.2) is 157 Å². The van der Waals surface area contributed by atoms with Crippen LogP contribution in [0.5, 0.6) is 0 Å². The molecule has 0 fully saturated rings. The van der Waals surface area contributed by atoms with E-state index in [2.05, 4.69) is 175 Å². The molecule has 0 N–H and O–H groups in total. The van der Waals surface area contributed by atoms with Crippen LogP contribution in [-0.4, -0.2) is 15.6 Å². The second kappa shape index (κ2) is 12.2. The standard InChI is InChI=1S/C44H41N3/c1-30-27-34(33-13-6-4-7-14-33)20-24-41(30)46(37-17-12-26-45-29-37)42-25-21-35(28-31(42)2)38-22-23-40-39-18-10-11-19-43(39)47(44(40)32(38)3)36-15-8-5-9-16-36/h4-26,28-32,38,42H,27H2,1-3H3. The van der Waals surface area contributed by atoms with Gasteiger partial charge in [-0.15, -0.1) is 0 Å². The first kappa shape index (κ1) is 29.3. The van der Waals surface area contributed by atoms with Gasteiger partial charge in [0, 0.05) is 52.0 Å². The highest BCUT2D eigenvalue weighted by Crippen LogP contribution is 2.46. The van der Waals surface area contributed by atoms with E-state index in [-0.39, 0.29) is 6.04 Å². The summed E-state index contributed by atoms with van der Waals surface area (Å²) in [6.07, 6.45) is 21.8. The van der Waals surface area contributed by atoms with E-state index in [4.69, 9.17) is 0 Å². The van der Waals surface area contributed by atoms with E-state index in [1.165, 1.54) is 50.3 Å². The summed E-state index contributed by atoms with van der Waals surface area (Å²) in [5.74, 6) is 1.30. The highest BCUT2D eigenvalue weighted by atomic mass is 15.2. The number of anilines is 1. The molecule has 3 nitrogen and oxygen atoms in total. The van der Waals surface area contributed by atoms with Crippen LogP contribution in [0.4, 0.5) is 5.69 Å². The Hall–Kier alpha value is -5.15. The molecular weight excluding hydrogens is 571 g/mol. The van der Waals surface area contributed by atoms with Gasteiger partial charge < -0.3 is 9.47 Å². The van der Waals surface area contributed by atoms with Crippen LogP contribution < -0.4 is 4.90 Å². The third kappa shape index (κ3) is 5.20. The van der Waals surface area contributed by atoms with Crippen molar-refractivity contribution in [1.29, 1.82) is 0 Å². The van der Waals surface area contributed by atoms with Gasteiger partial charge in [0.15, 0.2) is 0 Å². The van der Waals surface area contributed by atoms with Crippen molar-refractivity contribution in [2.75, 3.05) is 4.90 Å². The van der Waals surface area contributed by atoms with E-state index in [1.807, 2.05) is 12.4 Å². The van der Waals surface area contributed by atoms with Crippen molar-refractivity contribution in [2.24, 2.45) is 17.8 Å². The lowest BCUT2D eigenvalue weighted by Crippen LogP contribution is -2.41. The second-order valence-electron chi connectivity index (χ2n) is 13.4. The van der Waals surface area contributed by atoms with Crippen LogP contribution in [0.1, 0.15) is 49.9 Å². The fourth-order valence-electron chi connectivity index (χ4n) is 8.11. The molecule has 2 aromatic heterocycles. The van der Waals surface area contributed by atoms with Gasteiger partial charge in [-0.2, -0.15) is 0 Å². The minimum Gasteiger partial charge on any atom is -0.336 e. The Morgan fingerprint density at radius 2 is 1.53 bits per heavy atom. The lowest BCUT2D eigenvalue weighted by atomic mass is 9.76. The van der Waals surface area contributed by atoms with E-state index in [9.17, 15) is 0 Å². The van der Waals surface area contributed by atoms with Crippen LogP contribution in [-0.2, 0) is 0 Å². The van der Waals surface area contributed by atoms with Crippen LogP contribution in [0, 0.1) is 17.8 Å². The molecule has 5 unspecified atom stereocenters. The summed E-state index contributed by atoms with van der Waals surface area (Å²) in [4.78, 5) is 7.08. The van der Waals surface area contributed by atoms with Gasteiger partial charge >= 0.3 is 0 Å². The zero-order valence-corrected chi connectivity index (χ0v) is 27.4. The van der Waals surface area contributed by atoms with Gasteiger partial charge in [-0.3, -0.25) is 4.98 Å². The van der Waals surface area contributed by atoms with Gasteiger partial charge in [0.1, 0.15) is 0 Å². The first-order chi connectivity index (χ1) is 23.1. The highest BCUT2D eigenvalue weighted by molar-refractivity contribution is 5.94. The van der Waals surface area contributed by atoms with Gasteiger partial charge in [-0.1, -0.05) is 124 Å². The van der Waals surface area contributed by atoms with Crippen LogP contribution in [0.3, 0.4) is 0 Å². The van der Waals surface area contributed by atoms with Gasteiger partial charge in [0.2, 0.25) is 0 Å². The number of nitrogens with zero attached hydrogens (tertiary/aromatic N) is 3. The summed E-state index contributed by atoms with van der Waals surface area (Å²) < 4.78 is 2.49. The molecule has 8 rings (SSSR count). The van der Waals surface area contributed by atoms with Crippen molar-refractivity contribution in [3.8, 4) is 5.69 Å². The molecule has 3 aromatic carbocycles. The van der Waals surface area contributed by atoms with Crippen molar-refractivity contribution in [2.45, 2.75) is 39.2 Å². The third-order valence-electron chi connectivity index (χ3n) is 10.4. The van der Waals surface area contributed by atoms with Crippen molar-refractivity contribution < 1.29 is 0 Å². The van der Waals surface area contributed by atoms with Crippen molar-refractivity contribution >= 4 is 28.2 Å². The summed E-state index contributed by atoms with van der Waals surface area (Å²) in [5, 5.41) is 1.32. The van der Waals surface area contributed by atoms with E-state index in [0.717, 1.165) is 12.1 Å². The number of para-hydroxylation sites is 2. The molecule has 0 saturated carbocycles. The molecule has 5 aromatic rings. The largest absolute Gasteiger partial charge is 0.336 e. The predicted molar refractivity (Wildman–Crippen MR) is 197 cm³/mol. The lowest BCUT2D eigenvalue weighted by Gasteiger charge is -2.41. The quantitative estimate of drug-likeness (QED) is 0.190. The molecule has 5 atom stereocenters. The molecule has 3 heteroatoms. The minimum atomic E-state index is 0.192. The normalized spacial score (nSPS) is 23.6. The van der Waals surface area contributed by atoms with Crippen LogP contribution in [0.2, 0.25) is 0 Å². The summed E-state index contributed by atoms with van der Waals surface area (Å²) in [7, 11) is 0. The van der Waals surface area contributed by atoms with Gasteiger partial charge in [-0.05, 0) is 65.5 Å². The summed E-state index contributed by atoms with van der Waals surface area (Å²) in [6, 6.07) is 34.9. The van der Waals surface area contributed by atoms with E-state index < -0.39 is 0 Å². The molecule has 3 aliphatic carbocycles. The fourth-order valence-corrected chi connectivity index (χ4v) is 8.11. The molecule has 3 aliphatic rings.